The average molecular weight is 308 g/mol. The van der Waals surface area contributed by atoms with Gasteiger partial charge in [-0.2, -0.15) is 0 Å². The van der Waals surface area contributed by atoms with Crippen molar-refractivity contribution >= 4 is 33.5 Å². The van der Waals surface area contributed by atoms with Crippen LogP contribution in [0.15, 0.2) is 11.1 Å². The lowest BCUT2D eigenvalue weighted by Crippen LogP contribution is -2.28. The summed E-state index contributed by atoms with van der Waals surface area (Å²) in [5, 5.41) is 1.84. The molecule has 1 heterocycles. The highest BCUT2D eigenvalue weighted by Gasteiger charge is 2.19. The van der Waals surface area contributed by atoms with Crippen molar-refractivity contribution in [2.75, 3.05) is 11.6 Å². The molecule has 0 bridgehead atoms. The molecule has 0 unspecified atom stereocenters. The Morgan fingerprint density at radius 3 is 2.42 bits per heavy atom. The Morgan fingerprint density at radius 1 is 1.37 bits per heavy atom. The molecule has 0 fully saturated rings. The van der Waals surface area contributed by atoms with E-state index in [1.54, 1.807) is 20.8 Å². The van der Waals surface area contributed by atoms with Gasteiger partial charge in [0.1, 0.15) is 10.8 Å². The third kappa shape index (κ3) is 5.39. The van der Waals surface area contributed by atoms with Crippen molar-refractivity contribution in [1.82, 2.24) is 9.97 Å². The number of anilines is 1. The van der Waals surface area contributed by atoms with Crippen molar-refractivity contribution in [2.24, 2.45) is 0 Å². The van der Waals surface area contributed by atoms with Crippen LogP contribution in [-0.4, -0.2) is 36.3 Å². The van der Waals surface area contributed by atoms with Crippen molar-refractivity contribution < 1.29 is 17.9 Å². The predicted octanol–water partition coefficient (Wildman–Crippen LogP) is 1.88. The molecule has 0 spiro atoms. The molecule has 0 saturated carbocycles. The van der Waals surface area contributed by atoms with Crippen LogP contribution < -0.4 is 5.32 Å². The third-order valence-corrected chi connectivity index (χ3v) is 2.83. The zero-order chi connectivity index (χ0) is 14.8. The number of hydrogen-bond donors (Lipinski definition) is 1. The highest BCUT2D eigenvalue weighted by atomic mass is 35.5. The van der Waals surface area contributed by atoms with Gasteiger partial charge in [0.25, 0.3) is 0 Å². The molecule has 19 heavy (non-hydrogen) atoms. The van der Waals surface area contributed by atoms with Crippen LogP contribution in [0, 0.1) is 0 Å². The highest BCUT2D eigenvalue weighted by molar-refractivity contribution is 7.90. The number of hydrogen-bond acceptors (Lipinski definition) is 6. The molecule has 0 aliphatic carbocycles. The van der Waals surface area contributed by atoms with Gasteiger partial charge in [-0.05, 0) is 20.8 Å². The first-order valence-corrected chi connectivity index (χ1v) is 7.49. The molecule has 0 radical (unpaired) electrons. The lowest BCUT2D eigenvalue weighted by atomic mass is 10.2. The Balaban J connectivity index is 2.97. The quantitative estimate of drug-likeness (QED) is 0.838. The van der Waals surface area contributed by atoms with Crippen LogP contribution in [0.4, 0.5) is 10.7 Å². The lowest BCUT2D eigenvalue weighted by Gasteiger charge is -2.19. The summed E-state index contributed by atoms with van der Waals surface area (Å²) in [6.07, 6.45) is 0.178. The van der Waals surface area contributed by atoms with E-state index < -0.39 is 21.5 Å². The maximum Gasteiger partial charge on any atom is 0.414 e. The van der Waals surface area contributed by atoms with Crippen molar-refractivity contribution in [3.63, 3.8) is 0 Å². The molecular weight excluding hydrogens is 294 g/mol. The first kappa shape index (κ1) is 15.6. The highest BCUT2D eigenvalue weighted by Crippen LogP contribution is 2.15. The average Bonchev–Trinajstić information content (AvgIpc) is 2.11. The topological polar surface area (TPSA) is 98.2 Å². The second kappa shape index (κ2) is 5.30. The van der Waals surface area contributed by atoms with E-state index in [2.05, 4.69) is 15.3 Å². The molecule has 0 aromatic carbocycles. The Kier molecular flexibility index (Phi) is 4.36. The number of carbonyl (C=O) groups excluding carboxylic acids is 1. The first-order valence-electron chi connectivity index (χ1n) is 5.22. The molecule has 0 aliphatic heterocycles. The van der Waals surface area contributed by atoms with Crippen LogP contribution in [0.2, 0.25) is 5.15 Å². The summed E-state index contributed by atoms with van der Waals surface area (Å²) in [5.41, 5.74) is -0.692. The van der Waals surface area contributed by atoms with Gasteiger partial charge in [-0.25, -0.2) is 23.2 Å². The molecule has 7 nitrogen and oxygen atoms in total. The fourth-order valence-electron chi connectivity index (χ4n) is 1.04. The fourth-order valence-corrected chi connectivity index (χ4v) is 1.86. The van der Waals surface area contributed by atoms with Crippen LogP contribution in [0.1, 0.15) is 20.8 Å². The number of ether oxygens (including phenoxy) is 1. The second-order valence-electron chi connectivity index (χ2n) is 4.75. The zero-order valence-corrected chi connectivity index (χ0v) is 12.5. The summed E-state index contributed by atoms with van der Waals surface area (Å²) in [6.45, 7) is 5.06. The monoisotopic (exact) mass is 307 g/mol. The fraction of sp³-hybridized carbons (Fsp3) is 0.500. The van der Waals surface area contributed by atoms with Crippen LogP contribution in [0.3, 0.4) is 0 Å². The molecule has 1 rings (SSSR count). The van der Waals surface area contributed by atoms with Crippen LogP contribution in [0.25, 0.3) is 0 Å². The number of rotatable bonds is 2. The van der Waals surface area contributed by atoms with Crippen molar-refractivity contribution in [2.45, 2.75) is 31.4 Å². The summed E-state index contributed by atoms with van der Waals surface area (Å²) >= 11 is 5.66. The molecule has 1 aromatic heterocycles. The van der Waals surface area contributed by atoms with Crippen molar-refractivity contribution in [3.05, 3.63) is 11.2 Å². The van der Waals surface area contributed by atoms with Gasteiger partial charge in [-0.1, -0.05) is 11.6 Å². The number of nitrogens with one attached hydrogen (secondary N) is 1. The van der Waals surface area contributed by atoms with Crippen LogP contribution >= 0.6 is 11.6 Å². The number of halogens is 1. The van der Waals surface area contributed by atoms with Gasteiger partial charge in [0, 0.05) is 12.3 Å². The van der Waals surface area contributed by atoms with E-state index in [0.717, 1.165) is 12.3 Å². The summed E-state index contributed by atoms with van der Waals surface area (Å²) in [7, 11) is -3.55. The maximum atomic E-state index is 11.5. The Morgan fingerprint density at radius 2 is 1.95 bits per heavy atom. The molecule has 1 aromatic rings. The zero-order valence-electron chi connectivity index (χ0n) is 10.9. The maximum absolute atomic E-state index is 11.5. The summed E-state index contributed by atoms with van der Waals surface area (Å²) < 4.78 is 27.7. The molecule has 9 heteroatoms. The van der Waals surface area contributed by atoms with E-state index in [-0.39, 0.29) is 16.1 Å². The summed E-state index contributed by atoms with van der Waals surface area (Å²) in [6, 6.07) is 1.09. The molecule has 106 valence electrons. The minimum Gasteiger partial charge on any atom is -0.444 e. The normalized spacial score (nSPS) is 12.1. The third-order valence-electron chi connectivity index (χ3n) is 1.66. The van der Waals surface area contributed by atoms with E-state index in [1.807, 2.05) is 0 Å². The Hall–Kier alpha value is -1.41. The minimum absolute atomic E-state index is 0.0958. The molecule has 1 N–H and O–H groups in total. The van der Waals surface area contributed by atoms with Gasteiger partial charge < -0.3 is 4.74 Å². The summed E-state index contributed by atoms with van der Waals surface area (Å²) in [4.78, 5) is 18.9. The number of amides is 1. The number of sulfone groups is 1. The molecule has 0 aliphatic rings. The first-order chi connectivity index (χ1) is 8.47. The van der Waals surface area contributed by atoms with Crippen molar-refractivity contribution in [3.8, 4) is 0 Å². The molecule has 0 saturated heterocycles. The molecule has 0 atom stereocenters. The van der Waals surface area contributed by atoms with E-state index in [0.29, 0.717) is 0 Å². The molecular formula is C10H14ClN3O4S. The summed E-state index contributed by atoms with van der Waals surface area (Å²) in [5.74, 6) is -0.234. The smallest absolute Gasteiger partial charge is 0.414 e. The van der Waals surface area contributed by atoms with Gasteiger partial charge in [0.15, 0.2) is 14.9 Å². The lowest BCUT2D eigenvalue weighted by molar-refractivity contribution is 0.0634. The van der Waals surface area contributed by atoms with Gasteiger partial charge in [0.2, 0.25) is 5.95 Å². The largest absolute Gasteiger partial charge is 0.444 e. The van der Waals surface area contributed by atoms with Crippen LogP contribution in [0.5, 0.6) is 0 Å². The second-order valence-corrected chi connectivity index (χ2v) is 7.10. The SMILES string of the molecule is CC(C)(C)OC(=O)Nc1nc(Cl)cc(S(C)(=O)=O)n1. The van der Waals surface area contributed by atoms with Gasteiger partial charge >= 0.3 is 6.09 Å². The van der Waals surface area contributed by atoms with Gasteiger partial charge in [-0.3, -0.25) is 5.32 Å². The van der Waals surface area contributed by atoms with Crippen molar-refractivity contribution in [1.29, 1.82) is 0 Å². The van der Waals surface area contributed by atoms with Crippen LogP contribution in [-0.2, 0) is 14.6 Å². The number of nitrogens with zero attached hydrogens (tertiary/aromatic N) is 2. The van der Waals surface area contributed by atoms with E-state index >= 15 is 0 Å². The van der Waals surface area contributed by atoms with Gasteiger partial charge in [0.05, 0.1) is 0 Å². The van der Waals surface area contributed by atoms with Gasteiger partial charge in [-0.15, -0.1) is 0 Å². The van der Waals surface area contributed by atoms with E-state index in [1.165, 1.54) is 0 Å². The standard InChI is InChI=1S/C10H14ClN3O4S/c1-10(2,3)18-9(15)14-8-12-6(11)5-7(13-8)19(4,16)17/h5H,1-4H3,(H,12,13,14,15). The predicted molar refractivity (Wildman–Crippen MR) is 70.0 cm³/mol. The number of aromatic nitrogens is 2. The van der Waals surface area contributed by atoms with E-state index in [4.69, 9.17) is 16.3 Å². The van der Waals surface area contributed by atoms with E-state index in [9.17, 15) is 13.2 Å². The Bertz CT molecular complexity index is 595. The minimum atomic E-state index is -3.55. The number of carbonyl (C=O) groups is 1. The Labute approximate surface area is 116 Å². The molecule has 1 amide bonds.